The molecular formula is C16H17N3O5S2. The smallest absolute Gasteiger partial charge is 0.423 e. The second kappa shape index (κ2) is 7.14. The Morgan fingerprint density at radius 3 is 2.50 bits per heavy atom. The molecule has 1 aliphatic heterocycles. The highest BCUT2D eigenvalue weighted by atomic mass is 32.2. The predicted molar refractivity (Wildman–Crippen MR) is 98.3 cm³/mol. The maximum Gasteiger partial charge on any atom is 0.423 e. The van der Waals surface area contributed by atoms with Crippen molar-refractivity contribution in [3.63, 3.8) is 0 Å². The highest BCUT2D eigenvalue weighted by Gasteiger charge is 2.43. The van der Waals surface area contributed by atoms with E-state index in [-0.39, 0.29) is 23.1 Å². The van der Waals surface area contributed by atoms with Crippen LogP contribution in [-0.2, 0) is 14.8 Å². The van der Waals surface area contributed by atoms with Gasteiger partial charge in [-0.05, 0) is 29.3 Å². The number of carbonyl (C=O) groups excluding carboxylic acids is 1. The lowest BCUT2D eigenvalue weighted by Gasteiger charge is -2.23. The predicted octanol–water partition coefficient (Wildman–Crippen LogP) is 1.20. The largest absolute Gasteiger partial charge is 0.464 e. The van der Waals surface area contributed by atoms with Crippen LogP contribution >= 0.6 is 12.6 Å². The Morgan fingerprint density at radius 2 is 1.81 bits per heavy atom. The van der Waals surface area contributed by atoms with Gasteiger partial charge in [0.1, 0.15) is 6.04 Å². The van der Waals surface area contributed by atoms with E-state index in [1.54, 1.807) is 23.6 Å². The van der Waals surface area contributed by atoms with E-state index in [1.165, 1.54) is 6.07 Å². The molecule has 10 heteroatoms. The SMILES string of the molecule is O=C(O)NNC(=O)C1CC(S)CN1S(=O)(=O)c1ccc2ccccc2c1. The summed E-state index contributed by atoms with van der Waals surface area (Å²) in [5, 5.41) is 9.93. The lowest BCUT2D eigenvalue weighted by molar-refractivity contribution is -0.125. The Bertz CT molecular complexity index is 963. The molecule has 3 N–H and O–H groups in total. The minimum Gasteiger partial charge on any atom is -0.464 e. The van der Waals surface area contributed by atoms with Crippen LogP contribution in [0.4, 0.5) is 4.79 Å². The fraction of sp³-hybridized carbons (Fsp3) is 0.250. The van der Waals surface area contributed by atoms with Gasteiger partial charge in [0.15, 0.2) is 0 Å². The molecule has 2 atom stereocenters. The van der Waals surface area contributed by atoms with Gasteiger partial charge in [-0.15, -0.1) is 0 Å². The molecule has 1 fully saturated rings. The molecule has 2 aromatic rings. The standard InChI is InChI=1S/C16H17N3O5S2/c20-15(17-18-16(21)22)14-8-12(25)9-19(14)26(23,24)13-6-5-10-3-1-2-4-11(10)7-13/h1-7,12,14,18,25H,8-9H2,(H,17,20)(H,21,22). The van der Waals surface area contributed by atoms with Crippen molar-refractivity contribution in [3.05, 3.63) is 42.5 Å². The first-order valence-corrected chi connectivity index (χ1v) is 9.72. The molecule has 1 saturated heterocycles. The lowest BCUT2D eigenvalue weighted by atomic mass is 10.1. The topological polar surface area (TPSA) is 116 Å². The average molecular weight is 395 g/mol. The lowest BCUT2D eigenvalue weighted by Crippen LogP contribution is -2.51. The molecule has 0 spiro atoms. The van der Waals surface area contributed by atoms with Crippen molar-refractivity contribution in [3.8, 4) is 0 Å². The quantitative estimate of drug-likeness (QED) is 0.460. The number of hydrogen-bond donors (Lipinski definition) is 4. The summed E-state index contributed by atoms with van der Waals surface area (Å²) in [4.78, 5) is 22.8. The fourth-order valence-corrected chi connectivity index (χ4v) is 5.12. The molecule has 0 saturated carbocycles. The van der Waals surface area contributed by atoms with Gasteiger partial charge in [0.25, 0.3) is 5.91 Å². The van der Waals surface area contributed by atoms with Gasteiger partial charge in [-0.1, -0.05) is 30.3 Å². The van der Waals surface area contributed by atoms with Crippen LogP contribution in [0, 0.1) is 0 Å². The number of nitrogens with one attached hydrogen (secondary N) is 2. The summed E-state index contributed by atoms with van der Waals surface area (Å²) in [6.07, 6.45) is -1.26. The van der Waals surface area contributed by atoms with E-state index in [0.717, 1.165) is 15.1 Å². The maximum absolute atomic E-state index is 13.1. The van der Waals surface area contributed by atoms with E-state index in [0.29, 0.717) is 0 Å². The van der Waals surface area contributed by atoms with Gasteiger partial charge in [0, 0.05) is 11.8 Å². The molecule has 3 rings (SSSR count). The molecule has 138 valence electrons. The molecule has 1 aliphatic rings. The average Bonchev–Trinajstić information content (AvgIpc) is 3.02. The number of carboxylic acid groups (broad SMARTS) is 1. The summed E-state index contributed by atoms with van der Waals surface area (Å²) in [5.74, 6) is -0.742. The van der Waals surface area contributed by atoms with Crippen LogP contribution in [0.15, 0.2) is 47.4 Å². The molecule has 0 aromatic heterocycles. The third kappa shape index (κ3) is 3.62. The first kappa shape index (κ1) is 18.5. The number of benzene rings is 2. The number of nitrogens with zero attached hydrogens (tertiary/aromatic N) is 1. The van der Waals surface area contributed by atoms with Gasteiger partial charge < -0.3 is 5.11 Å². The molecular weight excluding hydrogens is 378 g/mol. The van der Waals surface area contributed by atoms with Gasteiger partial charge in [0.2, 0.25) is 10.0 Å². The molecule has 0 aliphatic carbocycles. The Labute approximate surface area is 155 Å². The van der Waals surface area contributed by atoms with E-state index in [9.17, 15) is 18.0 Å². The number of hydrazine groups is 1. The number of sulfonamides is 1. The summed E-state index contributed by atoms with van der Waals surface area (Å²) >= 11 is 4.29. The van der Waals surface area contributed by atoms with Gasteiger partial charge in [-0.25, -0.2) is 18.6 Å². The molecule has 2 aromatic carbocycles. The van der Waals surface area contributed by atoms with E-state index < -0.39 is 28.1 Å². The Kier molecular flexibility index (Phi) is 5.08. The van der Waals surface area contributed by atoms with Crippen molar-refractivity contribution >= 4 is 45.4 Å². The highest BCUT2D eigenvalue weighted by molar-refractivity contribution is 7.89. The van der Waals surface area contributed by atoms with Crippen LogP contribution in [0.5, 0.6) is 0 Å². The third-order valence-electron chi connectivity index (χ3n) is 4.16. The summed E-state index contributed by atoms with van der Waals surface area (Å²) < 4.78 is 27.2. The summed E-state index contributed by atoms with van der Waals surface area (Å²) in [6.45, 7) is 0.0590. The summed E-state index contributed by atoms with van der Waals surface area (Å²) in [6, 6.07) is 11.1. The van der Waals surface area contributed by atoms with Crippen molar-refractivity contribution < 1.29 is 23.1 Å². The van der Waals surface area contributed by atoms with E-state index in [1.807, 2.05) is 23.6 Å². The van der Waals surface area contributed by atoms with E-state index in [4.69, 9.17) is 5.11 Å². The van der Waals surface area contributed by atoms with Crippen molar-refractivity contribution in [2.75, 3.05) is 6.54 Å². The Balaban J connectivity index is 1.92. The van der Waals surface area contributed by atoms with Gasteiger partial charge >= 0.3 is 6.09 Å². The summed E-state index contributed by atoms with van der Waals surface area (Å²) in [5.41, 5.74) is 3.74. The molecule has 1 heterocycles. The Hall–Kier alpha value is -2.30. The number of hydrogen-bond acceptors (Lipinski definition) is 5. The second-order valence-electron chi connectivity index (χ2n) is 5.91. The molecule has 2 amide bonds. The van der Waals surface area contributed by atoms with Crippen LogP contribution in [0.3, 0.4) is 0 Å². The van der Waals surface area contributed by atoms with Gasteiger partial charge in [0.05, 0.1) is 4.90 Å². The van der Waals surface area contributed by atoms with Crippen molar-refractivity contribution in [2.45, 2.75) is 22.6 Å². The first-order chi connectivity index (χ1) is 12.3. The monoisotopic (exact) mass is 395 g/mol. The zero-order chi connectivity index (χ0) is 18.9. The van der Waals surface area contributed by atoms with Gasteiger partial charge in [-0.2, -0.15) is 16.9 Å². The maximum atomic E-state index is 13.1. The number of fused-ring (bicyclic) bond motifs is 1. The number of thiol groups is 1. The molecule has 8 nitrogen and oxygen atoms in total. The minimum absolute atomic E-state index is 0.0590. The van der Waals surface area contributed by atoms with Crippen molar-refractivity contribution in [1.82, 2.24) is 15.2 Å². The zero-order valence-corrected chi connectivity index (χ0v) is 15.2. The number of amides is 2. The minimum atomic E-state index is -3.95. The molecule has 0 bridgehead atoms. The molecule has 26 heavy (non-hydrogen) atoms. The van der Waals surface area contributed by atoms with E-state index >= 15 is 0 Å². The van der Waals surface area contributed by atoms with Crippen LogP contribution in [0.2, 0.25) is 0 Å². The Morgan fingerprint density at radius 1 is 1.12 bits per heavy atom. The molecule has 2 unspecified atom stereocenters. The fourth-order valence-electron chi connectivity index (χ4n) is 2.95. The van der Waals surface area contributed by atoms with Crippen LogP contribution in [0.1, 0.15) is 6.42 Å². The zero-order valence-electron chi connectivity index (χ0n) is 13.5. The number of rotatable bonds is 3. The van der Waals surface area contributed by atoms with Crippen LogP contribution in [0.25, 0.3) is 10.8 Å². The summed E-state index contributed by atoms with van der Waals surface area (Å²) in [7, 11) is -3.95. The number of carbonyl (C=O) groups is 2. The van der Waals surface area contributed by atoms with Crippen LogP contribution < -0.4 is 10.9 Å². The van der Waals surface area contributed by atoms with Crippen molar-refractivity contribution in [1.29, 1.82) is 0 Å². The van der Waals surface area contributed by atoms with E-state index in [2.05, 4.69) is 12.6 Å². The van der Waals surface area contributed by atoms with Gasteiger partial charge in [-0.3, -0.25) is 10.2 Å². The van der Waals surface area contributed by atoms with Crippen molar-refractivity contribution in [2.24, 2.45) is 0 Å². The first-order valence-electron chi connectivity index (χ1n) is 7.76. The van der Waals surface area contributed by atoms with Crippen LogP contribution in [-0.4, -0.2) is 47.7 Å². The third-order valence-corrected chi connectivity index (χ3v) is 6.40. The second-order valence-corrected chi connectivity index (χ2v) is 8.53. The highest BCUT2D eigenvalue weighted by Crippen LogP contribution is 2.30. The normalized spacial score (nSPS) is 20.8. The molecule has 0 radical (unpaired) electrons.